The Bertz CT molecular complexity index is 600. The molecule has 0 unspecified atom stereocenters. The summed E-state index contributed by atoms with van der Waals surface area (Å²) in [5, 5.41) is 0. The van der Waals surface area contributed by atoms with E-state index in [-0.39, 0.29) is 24.5 Å². The minimum atomic E-state index is -0.242. The largest absolute Gasteiger partial charge is 0.445 e. The van der Waals surface area contributed by atoms with Crippen molar-refractivity contribution >= 4 is 6.09 Å². The van der Waals surface area contributed by atoms with E-state index in [1.54, 1.807) is 0 Å². The van der Waals surface area contributed by atoms with Gasteiger partial charge in [0.05, 0.1) is 19.3 Å². The van der Waals surface area contributed by atoms with E-state index >= 15 is 0 Å². The molecule has 1 aromatic rings. The van der Waals surface area contributed by atoms with E-state index in [1.807, 2.05) is 41.3 Å². The number of amides is 1. The maximum absolute atomic E-state index is 12.9. The van der Waals surface area contributed by atoms with Gasteiger partial charge in [0.1, 0.15) is 6.61 Å². The zero-order chi connectivity index (χ0) is 19.1. The van der Waals surface area contributed by atoms with Crippen molar-refractivity contribution in [1.29, 1.82) is 0 Å². The Morgan fingerprint density at radius 3 is 2.67 bits per heavy atom. The van der Waals surface area contributed by atoms with Crippen molar-refractivity contribution in [2.45, 2.75) is 64.0 Å². The van der Waals surface area contributed by atoms with Gasteiger partial charge in [0.15, 0.2) is 6.29 Å². The summed E-state index contributed by atoms with van der Waals surface area (Å²) in [6, 6.07) is 9.99. The van der Waals surface area contributed by atoms with Gasteiger partial charge in [-0.1, -0.05) is 43.3 Å². The molecule has 3 rings (SSSR count). The van der Waals surface area contributed by atoms with Crippen LogP contribution in [0.25, 0.3) is 0 Å². The van der Waals surface area contributed by atoms with E-state index in [0.717, 1.165) is 37.7 Å². The van der Waals surface area contributed by atoms with Crippen LogP contribution >= 0.6 is 0 Å². The molecule has 1 amide bonds. The molecule has 5 heteroatoms. The van der Waals surface area contributed by atoms with Crippen LogP contribution in [-0.4, -0.2) is 42.6 Å². The van der Waals surface area contributed by atoms with Crippen LogP contribution in [-0.2, 0) is 20.8 Å². The molecular weight excluding hydrogens is 342 g/mol. The predicted molar refractivity (Wildman–Crippen MR) is 104 cm³/mol. The third kappa shape index (κ3) is 5.56. The molecule has 0 aliphatic carbocycles. The fourth-order valence-corrected chi connectivity index (χ4v) is 4.11. The minimum absolute atomic E-state index is 0.0287. The van der Waals surface area contributed by atoms with E-state index in [2.05, 4.69) is 13.5 Å². The lowest BCUT2D eigenvalue weighted by atomic mass is 9.85. The van der Waals surface area contributed by atoms with Crippen LogP contribution < -0.4 is 0 Å². The highest BCUT2D eigenvalue weighted by Gasteiger charge is 2.36. The maximum Gasteiger partial charge on any atom is 0.410 e. The van der Waals surface area contributed by atoms with Gasteiger partial charge in [-0.05, 0) is 43.6 Å². The summed E-state index contributed by atoms with van der Waals surface area (Å²) in [7, 11) is 0. The molecule has 2 heterocycles. The number of benzene rings is 1. The first-order chi connectivity index (χ1) is 13.2. The van der Waals surface area contributed by atoms with Crippen LogP contribution in [0.2, 0.25) is 0 Å². The summed E-state index contributed by atoms with van der Waals surface area (Å²) in [6.45, 7) is 7.87. The number of nitrogens with zero attached hydrogens (tertiary/aromatic N) is 1. The van der Waals surface area contributed by atoms with Crippen LogP contribution in [0.1, 0.15) is 44.6 Å². The van der Waals surface area contributed by atoms with Gasteiger partial charge in [-0.25, -0.2) is 4.79 Å². The highest BCUT2D eigenvalue weighted by Crippen LogP contribution is 2.32. The van der Waals surface area contributed by atoms with Gasteiger partial charge in [0.2, 0.25) is 0 Å². The van der Waals surface area contributed by atoms with Crippen molar-refractivity contribution < 1.29 is 19.0 Å². The summed E-state index contributed by atoms with van der Waals surface area (Å²) in [4.78, 5) is 14.8. The maximum atomic E-state index is 12.9. The van der Waals surface area contributed by atoms with E-state index in [0.29, 0.717) is 25.7 Å². The normalized spacial score (nSPS) is 26.1. The third-order valence-corrected chi connectivity index (χ3v) is 5.43. The van der Waals surface area contributed by atoms with E-state index in [4.69, 9.17) is 14.2 Å². The third-order valence-electron chi connectivity index (χ3n) is 5.43. The van der Waals surface area contributed by atoms with Gasteiger partial charge in [0, 0.05) is 6.04 Å². The monoisotopic (exact) mass is 373 g/mol. The second-order valence-corrected chi connectivity index (χ2v) is 7.58. The topological polar surface area (TPSA) is 48.0 Å². The van der Waals surface area contributed by atoms with Crippen molar-refractivity contribution in [3.05, 3.63) is 48.6 Å². The Morgan fingerprint density at radius 2 is 1.96 bits per heavy atom. The second kappa shape index (κ2) is 9.90. The number of carbonyl (C=O) groups excluding carboxylic acids is 1. The number of hydrogen-bond acceptors (Lipinski definition) is 4. The molecule has 148 valence electrons. The predicted octanol–water partition coefficient (Wildman–Crippen LogP) is 4.52. The van der Waals surface area contributed by atoms with Gasteiger partial charge in [-0.3, -0.25) is 4.90 Å². The number of likely N-dealkylation sites (tertiary alicyclic amines) is 1. The zero-order valence-corrected chi connectivity index (χ0v) is 16.2. The average molecular weight is 373 g/mol. The highest BCUT2D eigenvalue weighted by atomic mass is 16.7. The molecule has 1 aromatic carbocycles. The van der Waals surface area contributed by atoms with E-state index in [1.165, 1.54) is 0 Å². The van der Waals surface area contributed by atoms with Gasteiger partial charge in [-0.2, -0.15) is 0 Å². The van der Waals surface area contributed by atoms with Crippen molar-refractivity contribution in [2.75, 3.05) is 13.2 Å². The lowest BCUT2D eigenvalue weighted by Gasteiger charge is -2.43. The fourth-order valence-electron chi connectivity index (χ4n) is 4.11. The average Bonchev–Trinajstić information content (AvgIpc) is 3.20. The molecule has 0 bridgehead atoms. The first-order valence-electron chi connectivity index (χ1n) is 10.0. The molecule has 27 heavy (non-hydrogen) atoms. The lowest BCUT2D eigenvalue weighted by molar-refractivity contribution is -0.0495. The SMILES string of the molecule is C=C[C@H]1C[C@H](C)C[C@H](CCCC2OCCO2)N1C(=O)OCc1ccccc1. The van der Waals surface area contributed by atoms with Crippen molar-refractivity contribution in [2.24, 2.45) is 5.92 Å². The molecule has 0 spiro atoms. The Balaban J connectivity index is 1.59. The van der Waals surface area contributed by atoms with Crippen LogP contribution in [0.15, 0.2) is 43.0 Å². The Hall–Kier alpha value is -1.85. The highest BCUT2D eigenvalue weighted by molar-refractivity contribution is 5.69. The van der Waals surface area contributed by atoms with Crippen molar-refractivity contribution in [3.63, 3.8) is 0 Å². The number of rotatable bonds is 7. The van der Waals surface area contributed by atoms with Gasteiger partial charge >= 0.3 is 6.09 Å². The molecule has 2 aliphatic rings. The van der Waals surface area contributed by atoms with Crippen molar-refractivity contribution in [1.82, 2.24) is 4.90 Å². The molecule has 3 atom stereocenters. The number of ether oxygens (including phenoxy) is 3. The molecule has 0 N–H and O–H groups in total. The fraction of sp³-hybridized carbons (Fsp3) is 0.591. The minimum Gasteiger partial charge on any atom is -0.445 e. The molecule has 2 aliphatic heterocycles. The van der Waals surface area contributed by atoms with E-state index < -0.39 is 0 Å². The molecule has 0 aromatic heterocycles. The second-order valence-electron chi connectivity index (χ2n) is 7.58. The Labute approximate surface area is 162 Å². The molecule has 0 saturated carbocycles. The van der Waals surface area contributed by atoms with Gasteiger partial charge in [0.25, 0.3) is 0 Å². The number of hydrogen-bond donors (Lipinski definition) is 0. The van der Waals surface area contributed by atoms with Crippen LogP contribution in [0, 0.1) is 5.92 Å². The summed E-state index contributed by atoms with van der Waals surface area (Å²) >= 11 is 0. The van der Waals surface area contributed by atoms with Gasteiger partial charge < -0.3 is 14.2 Å². The van der Waals surface area contributed by atoms with Crippen LogP contribution in [0.3, 0.4) is 0 Å². The van der Waals surface area contributed by atoms with E-state index in [9.17, 15) is 4.79 Å². The molecule has 0 radical (unpaired) electrons. The smallest absolute Gasteiger partial charge is 0.410 e. The quantitative estimate of drug-likeness (QED) is 0.659. The molecule has 2 saturated heterocycles. The van der Waals surface area contributed by atoms with Crippen molar-refractivity contribution in [3.8, 4) is 0 Å². The molecule has 5 nitrogen and oxygen atoms in total. The van der Waals surface area contributed by atoms with Crippen LogP contribution in [0.4, 0.5) is 4.79 Å². The van der Waals surface area contributed by atoms with Crippen LogP contribution in [0.5, 0.6) is 0 Å². The summed E-state index contributed by atoms with van der Waals surface area (Å²) in [5.41, 5.74) is 0.999. The van der Waals surface area contributed by atoms with Gasteiger partial charge in [-0.15, -0.1) is 6.58 Å². The number of piperidine rings is 1. The first-order valence-corrected chi connectivity index (χ1v) is 10.0. The molecular formula is C22H31NO4. The summed E-state index contributed by atoms with van der Waals surface area (Å²) in [6.07, 6.45) is 6.26. The Morgan fingerprint density at radius 1 is 1.22 bits per heavy atom. The summed E-state index contributed by atoms with van der Waals surface area (Å²) < 4.78 is 16.7. The zero-order valence-electron chi connectivity index (χ0n) is 16.2. The standard InChI is InChI=1S/C22H31NO4/c1-3-19-14-17(2)15-20(10-7-11-21-25-12-13-26-21)23(19)22(24)27-16-18-8-5-4-6-9-18/h3-6,8-9,17,19-21H,1,7,10-16H2,2H3/t17-,19-,20-/m0/s1. The first kappa shape index (κ1) is 19.9. The summed E-state index contributed by atoms with van der Waals surface area (Å²) in [5.74, 6) is 0.565. The number of carbonyl (C=O) groups is 1. The Kier molecular flexibility index (Phi) is 7.30. The lowest BCUT2D eigenvalue weighted by Crippen LogP contribution is -2.51. The molecule has 2 fully saturated rings.